The molecule has 1 heterocycles. The third-order valence-electron chi connectivity index (χ3n) is 3.95. The van der Waals surface area contributed by atoms with Crippen molar-refractivity contribution in [2.75, 3.05) is 26.2 Å². The van der Waals surface area contributed by atoms with E-state index in [0.29, 0.717) is 5.41 Å². The standard InChI is InChI=1S/C13H24N2O2/c1-3-4-13(5-6-13)10-15-11(16)7-17-12(2)8-14-9-12/h14H,3-10H2,1-2H3,(H,15,16). The molecule has 2 N–H and O–H groups in total. The van der Waals surface area contributed by atoms with Gasteiger partial charge in [0.15, 0.2) is 0 Å². The first-order valence-electron chi connectivity index (χ1n) is 6.69. The van der Waals surface area contributed by atoms with Gasteiger partial charge in [0.1, 0.15) is 6.61 Å². The first-order chi connectivity index (χ1) is 8.08. The Kier molecular flexibility index (Phi) is 3.73. The van der Waals surface area contributed by atoms with E-state index in [9.17, 15) is 4.79 Å². The molecule has 2 rings (SSSR count). The van der Waals surface area contributed by atoms with Gasteiger partial charge in [-0.05, 0) is 31.6 Å². The molecule has 1 saturated carbocycles. The van der Waals surface area contributed by atoms with E-state index in [1.54, 1.807) is 0 Å². The van der Waals surface area contributed by atoms with E-state index in [0.717, 1.165) is 19.6 Å². The molecule has 0 radical (unpaired) electrons. The summed E-state index contributed by atoms with van der Waals surface area (Å²) in [5.74, 6) is 0.0282. The van der Waals surface area contributed by atoms with E-state index in [1.807, 2.05) is 6.92 Å². The lowest BCUT2D eigenvalue weighted by atomic mass is 10.00. The summed E-state index contributed by atoms with van der Waals surface area (Å²) >= 11 is 0. The van der Waals surface area contributed by atoms with Gasteiger partial charge in [-0.2, -0.15) is 0 Å². The maximum Gasteiger partial charge on any atom is 0.246 e. The number of hydrogen-bond donors (Lipinski definition) is 2. The van der Waals surface area contributed by atoms with Crippen molar-refractivity contribution in [3.63, 3.8) is 0 Å². The van der Waals surface area contributed by atoms with Crippen LogP contribution >= 0.6 is 0 Å². The third kappa shape index (κ3) is 3.42. The second-order valence-corrected chi connectivity index (χ2v) is 5.87. The van der Waals surface area contributed by atoms with Gasteiger partial charge >= 0.3 is 0 Å². The van der Waals surface area contributed by atoms with Crippen molar-refractivity contribution in [3.8, 4) is 0 Å². The van der Waals surface area contributed by atoms with Gasteiger partial charge in [-0.25, -0.2) is 0 Å². The molecule has 2 fully saturated rings. The van der Waals surface area contributed by atoms with Crippen molar-refractivity contribution >= 4 is 5.91 Å². The van der Waals surface area contributed by atoms with Crippen LogP contribution in [0.5, 0.6) is 0 Å². The van der Waals surface area contributed by atoms with Gasteiger partial charge in [-0.3, -0.25) is 4.79 Å². The number of carbonyl (C=O) groups is 1. The molecule has 0 spiro atoms. The number of carbonyl (C=O) groups excluding carboxylic acids is 1. The van der Waals surface area contributed by atoms with Crippen LogP contribution < -0.4 is 10.6 Å². The molecular weight excluding hydrogens is 216 g/mol. The van der Waals surface area contributed by atoms with Crippen LogP contribution in [0, 0.1) is 5.41 Å². The molecule has 0 bridgehead atoms. The highest BCUT2D eigenvalue weighted by Gasteiger charge is 2.41. The number of nitrogens with one attached hydrogen (secondary N) is 2. The average molecular weight is 240 g/mol. The zero-order valence-electron chi connectivity index (χ0n) is 11.0. The third-order valence-corrected chi connectivity index (χ3v) is 3.95. The second-order valence-electron chi connectivity index (χ2n) is 5.87. The molecule has 1 aliphatic carbocycles. The highest BCUT2D eigenvalue weighted by molar-refractivity contribution is 5.77. The van der Waals surface area contributed by atoms with Crippen molar-refractivity contribution < 1.29 is 9.53 Å². The minimum Gasteiger partial charge on any atom is -0.363 e. The Balaban J connectivity index is 1.61. The number of rotatable bonds is 7. The predicted octanol–water partition coefficient (Wildman–Crippen LogP) is 1.06. The Morgan fingerprint density at radius 3 is 2.59 bits per heavy atom. The number of ether oxygens (including phenoxy) is 1. The maximum atomic E-state index is 11.7. The van der Waals surface area contributed by atoms with Crippen LogP contribution in [0.1, 0.15) is 39.5 Å². The van der Waals surface area contributed by atoms with E-state index in [4.69, 9.17) is 4.74 Å². The SMILES string of the molecule is CCCC1(CNC(=O)COC2(C)CNC2)CC1. The van der Waals surface area contributed by atoms with Gasteiger partial charge in [-0.15, -0.1) is 0 Å². The van der Waals surface area contributed by atoms with Crippen molar-refractivity contribution in [3.05, 3.63) is 0 Å². The van der Waals surface area contributed by atoms with E-state index >= 15 is 0 Å². The fraction of sp³-hybridized carbons (Fsp3) is 0.923. The summed E-state index contributed by atoms with van der Waals surface area (Å²) in [5.41, 5.74) is 0.296. The van der Waals surface area contributed by atoms with Gasteiger partial charge in [0, 0.05) is 19.6 Å². The molecule has 17 heavy (non-hydrogen) atoms. The lowest BCUT2D eigenvalue weighted by molar-refractivity contribution is -0.136. The molecule has 1 saturated heterocycles. The summed E-state index contributed by atoms with van der Waals surface area (Å²) in [6.45, 7) is 6.96. The first kappa shape index (κ1) is 12.8. The maximum absolute atomic E-state index is 11.7. The summed E-state index contributed by atoms with van der Waals surface area (Å²) < 4.78 is 5.60. The largest absolute Gasteiger partial charge is 0.363 e. The van der Waals surface area contributed by atoms with Crippen LogP contribution in [0.15, 0.2) is 0 Å². The van der Waals surface area contributed by atoms with Crippen LogP contribution in [0.25, 0.3) is 0 Å². The lowest BCUT2D eigenvalue weighted by Crippen LogP contribution is -2.59. The van der Waals surface area contributed by atoms with E-state index in [2.05, 4.69) is 17.6 Å². The van der Waals surface area contributed by atoms with E-state index < -0.39 is 0 Å². The Morgan fingerprint density at radius 2 is 2.12 bits per heavy atom. The smallest absolute Gasteiger partial charge is 0.246 e. The molecular formula is C13H24N2O2. The van der Waals surface area contributed by atoms with Crippen LogP contribution in [0.4, 0.5) is 0 Å². The molecule has 0 aromatic heterocycles. The summed E-state index contributed by atoms with van der Waals surface area (Å²) in [6.07, 6.45) is 4.97. The first-order valence-corrected chi connectivity index (χ1v) is 6.69. The molecule has 4 heteroatoms. The predicted molar refractivity (Wildman–Crippen MR) is 66.8 cm³/mol. The minimum atomic E-state index is -0.127. The Hall–Kier alpha value is -0.610. The van der Waals surface area contributed by atoms with Crippen molar-refractivity contribution in [2.24, 2.45) is 5.41 Å². The van der Waals surface area contributed by atoms with Gasteiger partial charge in [0.25, 0.3) is 0 Å². The van der Waals surface area contributed by atoms with Crippen LogP contribution in [-0.2, 0) is 9.53 Å². The zero-order chi connectivity index (χ0) is 12.4. The molecule has 2 aliphatic rings. The average Bonchev–Trinajstić information content (AvgIpc) is 3.02. The fourth-order valence-electron chi connectivity index (χ4n) is 2.38. The van der Waals surface area contributed by atoms with Crippen molar-refractivity contribution in [2.45, 2.75) is 45.1 Å². The topological polar surface area (TPSA) is 50.4 Å². The van der Waals surface area contributed by atoms with Crippen LogP contribution in [-0.4, -0.2) is 37.7 Å². The number of hydrogen-bond acceptors (Lipinski definition) is 3. The lowest BCUT2D eigenvalue weighted by Gasteiger charge is -2.38. The normalized spacial score (nSPS) is 23.9. The summed E-state index contributed by atoms with van der Waals surface area (Å²) in [4.78, 5) is 11.7. The summed E-state index contributed by atoms with van der Waals surface area (Å²) in [5, 5.41) is 6.16. The fourth-order valence-corrected chi connectivity index (χ4v) is 2.38. The van der Waals surface area contributed by atoms with E-state index in [-0.39, 0.29) is 18.1 Å². The minimum absolute atomic E-state index is 0.0282. The Morgan fingerprint density at radius 1 is 1.41 bits per heavy atom. The van der Waals surface area contributed by atoms with Gasteiger partial charge in [0.2, 0.25) is 5.91 Å². The Labute approximate surface area is 103 Å². The molecule has 0 unspecified atom stereocenters. The highest BCUT2D eigenvalue weighted by Crippen LogP contribution is 2.48. The summed E-state index contributed by atoms with van der Waals surface area (Å²) in [7, 11) is 0. The van der Waals surface area contributed by atoms with Crippen molar-refractivity contribution in [1.82, 2.24) is 10.6 Å². The highest BCUT2D eigenvalue weighted by atomic mass is 16.5. The number of amides is 1. The zero-order valence-corrected chi connectivity index (χ0v) is 11.0. The molecule has 0 aromatic rings. The van der Waals surface area contributed by atoms with E-state index in [1.165, 1.54) is 25.7 Å². The quantitative estimate of drug-likeness (QED) is 0.699. The van der Waals surface area contributed by atoms with Gasteiger partial charge in [0.05, 0.1) is 5.60 Å². The molecule has 98 valence electrons. The second kappa shape index (κ2) is 4.94. The Bertz CT molecular complexity index is 283. The monoisotopic (exact) mass is 240 g/mol. The molecule has 0 aromatic carbocycles. The van der Waals surface area contributed by atoms with Crippen molar-refractivity contribution in [1.29, 1.82) is 0 Å². The molecule has 1 amide bonds. The molecule has 4 nitrogen and oxygen atoms in total. The summed E-state index contributed by atoms with van der Waals surface area (Å²) in [6, 6.07) is 0. The molecule has 0 atom stereocenters. The van der Waals surface area contributed by atoms with Crippen LogP contribution in [0.2, 0.25) is 0 Å². The van der Waals surface area contributed by atoms with Gasteiger partial charge in [-0.1, -0.05) is 13.3 Å². The molecule has 1 aliphatic heterocycles. The van der Waals surface area contributed by atoms with Crippen LogP contribution in [0.3, 0.4) is 0 Å². The van der Waals surface area contributed by atoms with Gasteiger partial charge < -0.3 is 15.4 Å².